The molecule has 0 bridgehead atoms. The molecule has 0 radical (unpaired) electrons. The van der Waals surface area contributed by atoms with Crippen molar-refractivity contribution in [2.75, 3.05) is 7.11 Å². The van der Waals surface area contributed by atoms with Crippen molar-refractivity contribution < 1.29 is 14.3 Å². The topological polar surface area (TPSA) is 47.9 Å². The van der Waals surface area contributed by atoms with Gasteiger partial charge in [-0.3, -0.25) is 9.79 Å². The quantitative estimate of drug-likeness (QED) is 0.403. The number of ether oxygens (including phenoxy) is 2. The zero-order chi connectivity index (χ0) is 16.9. The maximum absolute atomic E-state index is 11.1. The molecule has 0 N–H and O–H groups in total. The van der Waals surface area contributed by atoms with Crippen molar-refractivity contribution in [2.45, 2.75) is 6.92 Å². The Morgan fingerprint density at radius 2 is 1.79 bits per heavy atom. The number of hydrogen-bond acceptors (Lipinski definition) is 4. The highest BCUT2D eigenvalue weighted by Gasteiger charge is 2.07. The van der Waals surface area contributed by atoms with Gasteiger partial charge in [0.05, 0.1) is 12.8 Å². The summed E-state index contributed by atoms with van der Waals surface area (Å²) in [7, 11) is 1.54. The molecule has 0 fully saturated rings. The fourth-order valence-corrected chi connectivity index (χ4v) is 2.47. The first-order chi connectivity index (χ1) is 11.7. The van der Waals surface area contributed by atoms with Crippen molar-refractivity contribution in [2.24, 2.45) is 4.99 Å². The van der Waals surface area contributed by atoms with Crippen molar-refractivity contribution in [1.82, 2.24) is 0 Å². The Morgan fingerprint density at radius 3 is 2.58 bits per heavy atom. The molecule has 0 amide bonds. The fraction of sp³-hybridized carbons (Fsp3) is 0.100. The van der Waals surface area contributed by atoms with Crippen LogP contribution in [0.3, 0.4) is 0 Å². The summed E-state index contributed by atoms with van der Waals surface area (Å²) in [5, 5.41) is 2.25. The third kappa shape index (κ3) is 3.43. The van der Waals surface area contributed by atoms with Crippen LogP contribution in [0.2, 0.25) is 0 Å². The number of esters is 1. The van der Waals surface area contributed by atoms with Gasteiger partial charge in [0.25, 0.3) is 0 Å². The minimum atomic E-state index is -0.384. The normalized spacial score (nSPS) is 10.9. The number of methoxy groups -OCH3 is 1. The Hall–Kier alpha value is -3.14. The molecule has 0 unspecified atom stereocenters. The summed E-state index contributed by atoms with van der Waals surface area (Å²) in [6.45, 7) is 1.36. The number of carbonyl (C=O) groups excluding carboxylic acids is 1. The van der Waals surface area contributed by atoms with E-state index in [1.54, 1.807) is 18.3 Å². The molecule has 120 valence electrons. The van der Waals surface area contributed by atoms with Crippen molar-refractivity contribution in [3.8, 4) is 11.5 Å². The van der Waals surface area contributed by atoms with E-state index in [1.165, 1.54) is 14.0 Å². The number of fused-ring (bicyclic) bond motifs is 1. The summed E-state index contributed by atoms with van der Waals surface area (Å²) in [6.07, 6.45) is 1.77. The molecular formula is C20H17NO3. The van der Waals surface area contributed by atoms with Crippen LogP contribution in [0.4, 0.5) is 5.69 Å². The monoisotopic (exact) mass is 319 g/mol. The van der Waals surface area contributed by atoms with Gasteiger partial charge in [-0.05, 0) is 35.2 Å². The maximum atomic E-state index is 11.1. The molecular weight excluding hydrogens is 302 g/mol. The lowest BCUT2D eigenvalue weighted by Crippen LogP contribution is -2.03. The molecule has 3 aromatic rings. The van der Waals surface area contributed by atoms with Crippen molar-refractivity contribution in [3.63, 3.8) is 0 Å². The number of nitrogens with zero attached hydrogens (tertiary/aromatic N) is 1. The Balaban J connectivity index is 1.92. The molecule has 0 aromatic heterocycles. The molecule has 0 spiro atoms. The van der Waals surface area contributed by atoms with Crippen molar-refractivity contribution in [1.29, 1.82) is 0 Å². The van der Waals surface area contributed by atoms with Crippen LogP contribution < -0.4 is 9.47 Å². The third-order valence-electron chi connectivity index (χ3n) is 3.56. The highest BCUT2D eigenvalue weighted by Crippen LogP contribution is 2.29. The average molecular weight is 319 g/mol. The van der Waals surface area contributed by atoms with Crippen LogP contribution >= 0.6 is 0 Å². The predicted molar refractivity (Wildman–Crippen MR) is 95.5 cm³/mol. The van der Waals surface area contributed by atoms with E-state index >= 15 is 0 Å². The number of rotatable bonds is 4. The van der Waals surface area contributed by atoms with E-state index in [2.05, 4.69) is 17.1 Å². The molecule has 0 aliphatic carbocycles. The first-order valence-electron chi connectivity index (χ1n) is 7.55. The zero-order valence-electron chi connectivity index (χ0n) is 13.5. The largest absolute Gasteiger partial charge is 0.493 e. The van der Waals surface area contributed by atoms with E-state index in [9.17, 15) is 4.79 Å². The molecule has 0 aliphatic rings. The lowest BCUT2D eigenvalue weighted by Gasteiger charge is -2.08. The second kappa shape index (κ2) is 6.96. The van der Waals surface area contributed by atoms with Gasteiger partial charge in [-0.25, -0.2) is 0 Å². The molecule has 24 heavy (non-hydrogen) atoms. The molecule has 4 heteroatoms. The third-order valence-corrected chi connectivity index (χ3v) is 3.56. The lowest BCUT2D eigenvalue weighted by atomic mass is 10.1. The van der Waals surface area contributed by atoms with Crippen LogP contribution in [0.5, 0.6) is 11.5 Å². The molecule has 3 rings (SSSR count). The van der Waals surface area contributed by atoms with Crippen LogP contribution in [0, 0.1) is 0 Å². The predicted octanol–water partition coefficient (Wildman–Crippen LogP) is 4.52. The van der Waals surface area contributed by atoms with Gasteiger partial charge >= 0.3 is 5.97 Å². The first kappa shape index (κ1) is 15.7. The van der Waals surface area contributed by atoms with E-state index in [0.29, 0.717) is 11.5 Å². The molecule has 4 nitrogen and oxygen atoms in total. The van der Waals surface area contributed by atoms with E-state index in [0.717, 1.165) is 22.0 Å². The second-order valence-electron chi connectivity index (χ2n) is 5.26. The Labute approximate surface area is 140 Å². The van der Waals surface area contributed by atoms with Gasteiger partial charge < -0.3 is 9.47 Å². The van der Waals surface area contributed by atoms with Gasteiger partial charge in [-0.2, -0.15) is 0 Å². The fourth-order valence-electron chi connectivity index (χ4n) is 2.47. The minimum Gasteiger partial charge on any atom is -0.493 e. The standard InChI is InChI=1S/C20H17NO3/c1-14(22)24-19-11-10-15(12-20(19)23-2)13-21-18-9-5-7-16-6-3-4-8-17(16)18/h3-13H,1-2H3. The van der Waals surface area contributed by atoms with Crippen molar-refractivity contribution >= 4 is 28.6 Å². The number of carbonyl (C=O) groups is 1. The summed E-state index contributed by atoms with van der Waals surface area (Å²) in [5.41, 5.74) is 1.76. The van der Waals surface area contributed by atoms with Gasteiger partial charge in [0, 0.05) is 18.5 Å². The first-order valence-corrected chi connectivity index (χ1v) is 7.55. The smallest absolute Gasteiger partial charge is 0.308 e. The van der Waals surface area contributed by atoms with Crippen molar-refractivity contribution in [3.05, 3.63) is 66.2 Å². The molecule has 3 aromatic carbocycles. The van der Waals surface area contributed by atoms with Crippen LogP contribution in [-0.4, -0.2) is 19.3 Å². The SMILES string of the molecule is COc1cc(C=Nc2cccc3ccccc23)ccc1OC(C)=O. The average Bonchev–Trinajstić information content (AvgIpc) is 2.60. The number of hydrogen-bond donors (Lipinski definition) is 0. The summed E-state index contributed by atoms with van der Waals surface area (Å²) >= 11 is 0. The number of aliphatic imine (C=N–C) groups is 1. The molecule has 0 heterocycles. The number of benzene rings is 3. The summed E-state index contributed by atoms with van der Waals surface area (Å²) in [6, 6.07) is 19.4. The Morgan fingerprint density at radius 1 is 1.00 bits per heavy atom. The van der Waals surface area contributed by atoms with Crippen LogP contribution in [0.1, 0.15) is 12.5 Å². The summed E-state index contributed by atoms with van der Waals surface area (Å²) < 4.78 is 10.4. The molecule has 0 atom stereocenters. The molecule has 0 saturated carbocycles. The highest BCUT2D eigenvalue weighted by atomic mass is 16.6. The zero-order valence-corrected chi connectivity index (χ0v) is 13.5. The summed E-state index contributed by atoms with van der Waals surface area (Å²) in [5.74, 6) is 0.504. The van der Waals surface area contributed by atoms with Gasteiger partial charge in [0.1, 0.15) is 0 Å². The van der Waals surface area contributed by atoms with Crippen LogP contribution in [0.25, 0.3) is 10.8 Å². The van der Waals surface area contributed by atoms with Gasteiger partial charge in [-0.15, -0.1) is 0 Å². The van der Waals surface area contributed by atoms with E-state index in [4.69, 9.17) is 9.47 Å². The Bertz CT molecular complexity index is 910. The Kier molecular flexibility index (Phi) is 4.57. The van der Waals surface area contributed by atoms with Gasteiger partial charge in [0.2, 0.25) is 0 Å². The highest BCUT2D eigenvalue weighted by molar-refractivity contribution is 5.95. The maximum Gasteiger partial charge on any atom is 0.308 e. The minimum absolute atomic E-state index is 0.384. The molecule has 0 saturated heterocycles. The van der Waals surface area contributed by atoms with Gasteiger partial charge in [-0.1, -0.05) is 36.4 Å². The van der Waals surface area contributed by atoms with E-state index in [1.807, 2.05) is 36.4 Å². The van der Waals surface area contributed by atoms with Crippen LogP contribution in [0.15, 0.2) is 65.7 Å². The van der Waals surface area contributed by atoms with Gasteiger partial charge in [0.15, 0.2) is 11.5 Å². The van der Waals surface area contributed by atoms with E-state index in [-0.39, 0.29) is 5.97 Å². The second-order valence-corrected chi connectivity index (χ2v) is 5.26. The lowest BCUT2D eigenvalue weighted by molar-refractivity contribution is -0.132. The molecule has 0 aliphatic heterocycles. The van der Waals surface area contributed by atoms with Crippen LogP contribution in [-0.2, 0) is 4.79 Å². The van der Waals surface area contributed by atoms with E-state index < -0.39 is 0 Å². The summed E-state index contributed by atoms with van der Waals surface area (Å²) in [4.78, 5) is 15.7.